The van der Waals surface area contributed by atoms with Crippen LogP contribution in [0.4, 0.5) is 5.13 Å². The van der Waals surface area contributed by atoms with Crippen molar-refractivity contribution >= 4 is 45.5 Å². The molecular weight excluding hydrogens is 360 g/mol. The van der Waals surface area contributed by atoms with Crippen molar-refractivity contribution in [3.05, 3.63) is 52.9 Å². The summed E-state index contributed by atoms with van der Waals surface area (Å²) in [5, 5.41) is 13.5. The van der Waals surface area contributed by atoms with Crippen LogP contribution in [0, 0.1) is 0 Å². The van der Waals surface area contributed by atoms with Gasteiger partial charge in [-0.15, -0.1) is 21.5 Å². The van der Waals surface area contributed by atoms with Gasteiger partial charge in [-0.25, -0.2) is 0 Å². The summed E-state index contributed by atoms with van der Waals surface area (Å²) < 4.78 is 0. The number of rotatable bonds is 4. The van der Waals surface area contributed by atoms with Gasteiger partial charge >= 0.3 is 0 Å². The lowest BCUT2D eigenvalue weighted by Crippen LogP contribution is -2.37. The summed E-state index contributed by atoms with van der Waals surface area (Å²) in [6.07, 6.45) is 0. The number of aromatic nitrogens is 2. The Morgan fingerprint density at radius 2 is 1.76 bits per heavy atom. The second-order valence-electron chi connectivity index (χ2n) is 5.18. The first kappa shape index (κ1) is 15.6. The lowest BCUT2D eigenvalue weighted by Gasteiger charge is -2.12. The number of carbonyl (C=O) groups is 3. The number of thiophene rings is 1. The van der Waals surface area contributed by atoms with Crippen LogP contribution < -0.4 is 5.32 Å². The van der Waals surface area contributed by atoms with E-state index in [0.717, 1.165) is 9.78 Å². The van der Waals surface area contributed by atoms with E-state index >= 15 is 0 Å². The van der Waals surface area contributed by atoms with Crippen molar-refractivity contribution in [3.8, 4) is 9.88 Å². The molecule has 2 aromatic heterocycles. The number of nitrogens with zero attached hydrogens (tertiary/aromatic N) is 3. The van der Waals surface area contributed by atoms with Gasteiger partial charge in [0.1, 0.15) is 6.54 Å². The average Bonchev–Trinajstić information content (AvgIpc) is 3.33. The molecule has 0 saturated heterocycles. The predicted octanol–water partition coefficient (Wildman–Crippen LogP) is 2.50. The first-order valence-electron chi connectivity index (χ1n) is 7.26. The van der Waals surface area contributed by atoms with Crippen LogP contribution in [0.25, 0.3) is 9.88 Å². The monoisotopic (exact) mass is 370 g/mol. The van der Waals surface area contributed by atoms with E-state index in [0.29, 0.717) is 21.3 Å². The Balaban J connectivity index is 1.45. The molecule has 3 heterocycles. The lowest BCUT2D eigenvalue weighted by molar-refractivity contribution is -0.116. The summed E-state index contributed by atoms with van der Waals surface area (Å²) in [6, 6.07) is 10.3. The summed E-state index contributed by atoms with van der Waals surface area (Å²) in [7, 11) is 0. The van der Waals surface area contributed by atoms with Crippen LogP contribution in [0.15, 0.2) is 41.8 Å². The number of hydrogen-bond acceptors (Lipinski definition) is 7. The van der Waals surface area contributed by atoms with Gasteiger partial charge in [-0.3, -0.25) is 24.6 Å². The van der Waals surface area contributed by atoms with E-state index in [1.54, 1.807) is 24.3 Å². The number of benzene rings is 1. The van der Waals surface area contributed by atoms with Crippen molar-refractivity contribution < 1.29 is 14.4 Å². The molecule has 1 aromatic carbocycles. The maximum atomic E-state index is 12.3. The van der Waals surface area contributed by atoms with E-state index in [-0.39, 0.29) is 6.54 Å². The third-order valence-corrected chi connectivity index (χ3v) is 5.46. The highest BCUT2D eigenvalue weighted by Crippen LogP contribution is 2.29. The average molecular weight is 370 g/mol. The third kappa shape index (κ3) is 2.83. The first-order valence-corrected chi connectivity index (χ1v) is 8.95. The summed E-state index contributed by atoms with van der Waals surface area (Å²) in [5.41, 5.74) is 0.632. The summed E-state index contributed by atoms with van der Waals surface area (Å²) in [6.45, 7) is -0.361. The normalized spacial score (nSPS) is 13.2. The molecule has 1 aliphatic rings. The van der Waals surface area contributed by atoms with Gasteiger partial charge in [0.05, 0.1) is 16.0 Å². The number of fused-ring (bicyclic) bond motifs is 1. The maximum Gasteiger partial charge on any atom is 0.262 e. The summed E-state index contributed by atoms with van der Waals surface area (Å²) >= 11 is 2.76. The standard InChI is InChI=1S/C16H10N4O3S2/c21-12(17-16-19-18-13(25-16)11-6-3-7-24-11)8-20-14(22)9-4-1-2-5-10(9)15(20)23/h1-7H,8H2,(H,17,19,21). The van der Waals surface area contributed by atoms with Crippen molar-refractivity contribution in [2.24, 2.45) is 0 Å². The summed E-state index contributed by atoms with van der Waals surface area (Å²) in [5.74, 6) is -1.43. The zero-order valence-electron chi connectivity index (χ0n) is 12.6. The van der Waals surface area contributed by atoms with Crippen LogP contribution >= 0.6 is 22.7 Å². The minimum absolute atomic E-state index is 0.316. The van der Waals surface area contributed by atoms with Gasteiger partial charge in [-0.1, -0.05) is 29.5 Å². The molecule has 124 valence electrons. The largest absolute Gasteiger partial charge is 0.299 e. The number of amides is 3. The highest BCUT2D eigenvalue weighted by Gasteiger charge is 2.36. The zero-order chi connectivity index (χ0) is 17.4. The second-order valence-corrected chi connectivity index (χ2v) is 7.11. The molecule has 0 unspecified atom stereocenters. The van der Waals surface area contributed by atoms with E-state index < -0.39 is 17.7 Å². The van der Waals surface area contributed by atoms with Gasteiger partial charge in [0.25, 0.3) is 11.8 Å². The number of nitrogens with one attached hydrogen (secondary N) is 1. The number of carbonyl (C=O) groups excluding carboxylic acids is 3. The lowest BCUT2D eigenvalue weighted by atomic mass is 10.1. The van der Waals surface area contributed by atoms with Gasteiger partial charge < -0.3 is 0 Å². The van der Waals surface area contributed by atoms with Crippen molar-refractivity contribution in [2.75, 3.05) is 11.9 Å². The molecule has 3 amide bonds. The molecule has 0 fully saturated rings. The van der Waals surface area contributed by atoms with Crippen LogP contribution in [0.3, 0.4) is 0 Å². The van der Waals surface area contributed by atoms with Crippen LogP contribution in [-0.2, 0) is 4.79 Å². The Morgan fingerprint density at radius 1 is 1.04 bits per heavy atom. The number of imide groups is 1. The summed E-state index contributed by atoms with van der Waals surface area (Å²) in [4.78, 5) is 38.6. The fourth-order valence-electron chi connectivity index (χ4n) is 2.46. The van der Waals surface area contributed by atoms with Gasteiger partial charge in [-0.05, 0) is 23.6 Å². The number of anilines is 1. The molecule has 3 aromatic rings. The second kappa shape index (κ2) is 6.19. The quantitative estimate of drug-likeness (QED) is 0.713. The van der Waals surface area contributed by atoms with E-state index in [1.165, 1.54) is 22.7 Å². The van der Waals surface area contributed by atoms with Crippen molar-refractivity contribution in [1.82, 2.24) is 15.1 Å². The molecule has 0 radical (unpaired) electrons. The highest BCUT2D eigenvalue weighted by atomic mass is 32.1. The van der Waals surface area contributed by atoms with E-state index in [1.807, 2.05) is 17.5 Å². The Morgan fingerprint density at radius 3 is 2.40 bits per heavy atom. The smallest absolute Gasteiger partial charge is 0.262 e. The molecule has 0 aliphatic carbocycles. The minimum atomic E-state index is -0.497. The van der Waals surface area contributed by atoms with E-state index in [9.17, 15) is 14.4 Å². The van der Waals surface area contributed by atoms with Crippen LogP contribution in [-0.4, -0.2) is 39.4 Å². The van der Waals surface area contributed by atoms with Crippen LogP contribution in [0.1, 0.15) is 20.7 Å². The Kier molecular flexibility index (Phi) is 3.86. The fraction of sp³-hybridized carbons (Fsp3) is 0.0625. The number of hydrogen-bond donors (Lipinski definition) is 1. The molecule has 4 rings (SSSR count). The Hall–Kier alpha value is -2.91. The Labute approximate surface area is 149 Å². The van der Waals surface area contributed by atoms with E-state index in [4.69, 9.17) is 0 Å². The van der Waals surface area contributed by atoms with Crippen molar-refractivity contribution in [1.29, 1.82) is 0 Å². The minimum Gasteiger partial charge on any atom is -0.299 e. The van der Waals surface area contributed by atoms with E-state index in [2.05, 4.69) is 15.5 Å². The molecule has 1 N–H and O–H groups in total. The fourth-order valence-corrected chi connectivity index (χ4v) is 4.01. The first-order chi connectivity index (χ1) is 12.1. The third-order valence-electron chi connectivity index (χ3n) is 3.58. The van der Waals surface area contributed by atoms with Crippen LogP contribution in [0.2, 0.25) is 0 Å². The Bertz CT molecular complexity index is 946. The zero-order valence-corrected chi connectivity index (χ0v) is 14.3. The van der Waals surface area contributed by atoms with Crippen molar-refractivity contribution in [2.45, 2.75) is 0 Å². The molecule has 1 aliphatic heterocycles. The maximum absolute atomic E-state index is 12.3. The SMILES string of the molecule is O=C(CN1C(=O)c2ccccc2C1=O)Nc1nnc(-c2cccs2)s1. The molecule has 9 heteroatoms. The molecule has 0 saturated carbocycles. The van der Waals surface area contributed by atoms with Crippen molar-refractivity contribution in [3.63, 3.8) is 0 Å². The topological polar surface area (TPSA) is 92.3 Å². The molecule has 0 spiro atoms. The van der Waals surface area contributed by atoms with Gasteiger partial charge in [0.2, 0.25) is 11.0 Å². The molecular formula is C16H10N4O3S2. The van der Waals surface area contributed by atoms with Gasteiger partial charge in [-0.2, -0.15) is 0 Å². The highest BCUT2D eigenvalue weighted by molar-refractivity contribution is 7.23. The predicted molar refractivity (Wildman–Crippen MR) is 93.7 cm³/mol. The van der Waals surface area contributed by atoms with Crippen LogP contribution in [0.5, 0.6) is 0 Å². The molecule has 7 nitrogen and oxygen atoms in total. The molecule has 0 bridgehead atoms. The van der Waals surface area contributed by atoms with Gasteiger partial charge in [0, 0.05) is 0 Å². The molecule has 25 heavy (non-hydrogen) atoms. The van der Waals surface area contributed by atoms with Gasteiger partial charge in [0.15, 0.2) is 5.01 Å². The molecule has 0 atom stereocenters.